The van der Waals surface area contributed by atoms with Crippen molar-refractivity contribution in [1.82, 2.24) is 0 Å². The number of hydrogen-bond donors (Lipinski definition) is 1. The lowest BCUT2D eigenvalue weighted by atomic mass is 9.97. The first kappa shape index (κ1) is 14.5. The largest absolute Gasteiger partial charge is 0.419 e. The van der Waals surface area contributed by atoms with E-state index in [-0.39, 0.29) is 12.0 Å². The van der Waals surface area contributed by atoms with E-state index in [4.69, 9.17) is 5.73 Å². The third kappa shape index (κ3) is 3.17. The van der Waals surface area contributed by atoms with Crippen LogP contribution in [0.3, 0.4) is 0 Å². The second kappa shape index (κ2) is 5.63. The Morgan fingerprint density at radius 3 is 2.20 bits per heavy atom. The Kier molecular flexibility index (Phi) is 4.09. The van der Waals surface area contributed by atoms with Gasteiger partial charge in [-0.15, -0.1) is 0 Å². The van der Waals surface area contributed by atoms with Gasteiger partial charge in [0.05, 0.1) is 5.56 Å². The quantitative estimate of drug-likeness (QED) is 0.844. The van der Waals surface area contributed by atoms with Gasteiger partial charge in [-0.05, 0) is 18.1 Å². The van der Waals surface area contributed by atoms with Crippen LogP contribution in [0.15, 0.2) is 48.5 Å². The summed E-state index contributed by atoms with van der Waals surface area (Å²) in [5.41, 5.74) is 5.28. The van der Waals surface area contributed by atoms with Crippen molar-refractivity contribution in [1.29, 1.82) is 0 Å². The zero-order chi connectivity index (χ0) is 14.8. The van der Waals surface area contributed by atoms with Crippen molar-refractivity contribution in [2.75, 3.05) is 0 Å². The molecule has 0 saturated heterocycles. The summed E-state index contributed by atoms with van der Waals surface area (Å²) in [6.07, 6.45) is -4.44. The molecule has 20 heavy (non-hydrogen) atoms. The smallest absolute Gasteiger partial charge is 0.324 e. The molecule has 0 aliphatic carbocycles. The summed E-state index contributed by atoms with van der Waals surface area (Å²) in [6.45, 7) is 0. The van der Waals surface area contributed by atoms with E-state index in [0.29, 0.717) is 6.07 Å². The van der Waals surface area contributed by atoms with Crippen LogP contribution in [0.1, 0.15) is 22.7 Å². The number of benzene rings is 2. The first-order valence-electron chi connectivity index (χ1n) is 6.04. The van der Waals surface area contributed by atoms with Gasteiger partial charge in [-0.3, -0.25) is 0 Å². The molecule has 0 saturated carbocycles. The second-order valence-corrected chi connectivity index (χ2v) is 4.50. The van der Waals surface area contributed by atoms with Crippen molar-refractivity contribution in [3.05, 3.63) is 71.0 Å². The average Bonchev–Trinajstić information content (AvgIpc) is 2.38. The average molecular weight is 283 g/mol. The minimum Gasteiger partial charge on any atom is -0.324 e. The van der Waals surface area contributed by atoms with Crippen LogP contribution in [0.2, 0.25) is 0 Å². The monoisotopic (exact) mass is 283 g/mol. The lowest BCUT2D eigenvalue weighted by molar-refractivity contribution is -0.140. The molecule has 1 nitrogen and oxygen atoms in total. The molecule has 1 atom stereocenters. The van der Waals surface area contributed by atoms with Gasteiger partial charge in [0.25, 0.3) is 0 Å². The van der Waals surface area contributed by atoms with Gasteiger partial charge in [-0.25, -0.2) is 4.39 Å². The summed E-state index contributed by atoms with van der Waals surface area (Å²) in [7, 11) is 0. The van der Waals surface area contributed by atoms with E-state index in [1.807, 2.05) is 6.07 Å². The molecule has 0 aliphatic heterocycles. The first-order valence-corrected chi connectivity index (χ1v) is 6.04. The van der Waals surface area contributed by atoms with Crippen LogP contribution >= 0.6 is 0 Å². The SMILES string of the molecule is NC(Cc1ccccc1)c1cccc(C(F)(F)F)c1F. The van der Waals surface area contributed by atoms with Gasteiger partial charge in [0.1, 0.15) is 5.82 Å². The van der Waals surface area contributed by atoms with E-state index in [1.165, 1.54) is 12.1 Å². The number of halogens is 4. The Balaban J connectivity index is 2.29. The molecule has 0 bridgehead atoms. The minimum absolute atomic E-state index is 0.122. The number of rotatable bonds is 3. The number of hydrogen-bond acceptors (Lipinski definition) is 1. The van der Waals surface area contributed by atoms with Crippen LogP contribution in [-0.2, 0) is 12.6 Å². The molecule has 2 N–H and O–H groups in total. The summed E-state index contributed by atoms with van der Waals surface area (Å²) in [5.74, 6) is -1.29. The van der Waals surface area contributed by atoms with Gasteiger partial charge in [0.15, 0.2) is 0 Å². The van der Waals surface area contributed by atoms with E-state index in [0.717, 1.165) is 5.56 Å². The normalized spacial score (nSPS) is 13.2. The lowest BCUT2D eigenvalue weighted by Gasteiger charge is -2.16. The molecule has 1 unspecified atom stereocenters. The molecule has 2 rings (SSSR count). The summed E-state index contributed by atoms with van der Waals surface area (Å²) < 4.78 is 51.8. The van der Waals surface area contributed by atoms with Crippen molar-refractivity contribution >= 4 is 0 Å². The van der Waals surface area contributed by atoms with Gasteiger partial charge in [0.2, 0.25) is 0 Å². The standard InChI is InChI=1S/C15H13F4N/c16-14-11(7-4-8-12(14)15(17,18)19)13(20)9-10-5-2-1-3-6-10/h1-8,13H,9,20H2. The molecule has 2 aromatic rings. The molecular formula is C15H13F4N. The van der Waals surface area contributed by atoms with E-state index < -0.39 is 23.6 Å². The topological polar surface area (TPSA) is 26.0 Å². The van der Waals surface area contributed by atoms with Crippen molar-refractivity contribution < 1.29 is 17.6 Å². The molecule has 5 heteroatoms. The zero-order valence-electron chi connectivity index (χ0n) is 10.5. The molecule has 0 heterocycles. The highest BCUT2D eigenvalue weighted by atomic mass is 19.4. The molecule has 0 aliphatic rings. The van der Waals surface area contributed by atoms with Crippen molar-refractivity contribution in [3.63, 3.8) is 0 Å². The highest BCUT2D eigenvalue weighted by Gasteiger charge is 2.35. The summed E-state index contributed by atoms with van der Waals surface area (Å²) >= 11 is 0. The zero-order valence-corrected chi connectivity index (χ0v) is 10.5. The maximum Gasteiger partial charge on any atom is 0.419 e. The molecular weight excluding hydrogens is 270 g/mol. The van der Waals surface area contributed by atoms with Crippen LogP contribution in [0.4, 0.5) is 17.6 Å². The molecule has 0 radical (unpaired) electrons. The molecule has 2 aromatic carbocycles. The fourth-order valence-corrected chi connectivity index (χ4v) is 2.03. The van der Waals surface area contributed by atoms with Gasteiger partial charge < -0.3 is 5.73 Å². The highest BCUT2D eigenvalue weighted by Crippen LogP contribution is 2.34. The lowest BCUT2D eigenvalue weighted by Crippen LogP contribution is -2.18. The van der Waals surface area contributed by atoms with Crippen molar-refractivity contribution in [3.8, 4) is 0 Å². The first-order chi connectivity index (χ1) is 9.39. The molecule has 0 fully saturated rings. The molecule has 0 amide bonds. The van der Waals surface area contributed by atoms with E-state index in [1.54, 1.807) is 24.3 Å². The van der Waals surface area contributed by atoms with E-state index in [9.17, 15) is 17.6 Å². The Morgan fingerprint density at radius 1 is 0.950 bits per heavy atom. The summed E-state index contributed by atoms with van der Waals surface area (Å²) in [6, 6.07) is 11.4. The van der Waals surface area contributed by atoms with Gasteiger partial charge in [0, 0.05) is 11.6 Å². The van der Waals surface area contributed by atoms with Gasteiger partial charge >= 0.3 is 6.18 Å². The van der Waals surface area contributed by atoms with Crippen molar-refractivity contribution in [2.24, 2.45) is 5.73 Å². The van der Waals surface area contributed by atoms with Crippen LogP contribution in [0.25, 0.3) is 0 Å². The van der Waals surface area contributed by atoms with E-state index in [2.05, 4.69) is 0 Å². The summed E-state index contributed by atoms with van der Waals surface area (Å²) in [4.78, 5) is 0. The Labute approximate surface area is 114 Å². The third-order valence-corrected chi connectivity index (χ3v) is 3.03. The van der Waals surface area contributed by atoms with Crippen LogP contribution in [0.5, 0.6) is 0 Å². The molecule has 0 spiro atoms. The predicted octanol–water partition coefficient (Wildman–Crippen LogP) is 4.09. The number of nitrogens with two attached hydrogens (primary N) is 1. The van der Waals surface area contributed by atoms with E-state index >= 15 is 0 Å². The van der Waals surface area contributed by atoms with Gasteiger partial charge in [-0.2, -0.15) is 13.2 Å². The maximum absolute atomic E-state index is 13.9. The number of alkyl halides is 3. The Hall–Kier alpha value is -1.88. The minimum atomic E-state index is -4.72. The fraction of sp³-hybridized carbons (Fsp3) is 0.200. The van der Waals surface area contributed by atoms with Crippen LogP contribution in [0, 0.1) is 5.82 Å². The maximum atomic E-state index is 13.9. The molecule has 0 aromatic heterocycles. The van der Waals surface area contributed by atoms with Crippen LogP contribution in [-0.4, -0.2) is 0 Å². The third-order valence-electron chi connectivity index (χ3n) is 3.03. The summed E-state index contributed by atoms with van der Waals surface area (Å²) in [5, 5.41) is 0. The van der Waals surface area contributed by atoms with Gasteiger partial charge in [-0.1, -0.05) is 42.5 Å². The van der Waals surface area contributed by atoms with Crippen LogP contribution < -0.4 is 5.73 Å². The highest BCUT2D eigenvalue weighted by molar-refractivity contribution is 5.31. The fourth-order valence-electron chi connectivity index (χ4n) is 2.03. The predicted molar refractivity (Wildman–Crippen MR) is 68.5 cm³/mol. The van der Waals surface area contributed by atoms with Crippen molar-refractivity contribution in [2.45, 2.75) is 18.6 Å². The molecule has 106 valence electrons. The Bertz CT molecular complexity index is 578. The second-order valence-electron chi connectivity index (χ2n) is 4.50. The Morgan fingerprint density at radius 2 is 1.60 bits per heavy atom.